The Bertz CT molecular complexity index is 1810. The summed E-state index contributed by atoms with van der Waals surface area (Å²) in [5.41, 5.74) is 2.23. The van der Waals surface area contributed by atoms with Crippen LogP contribution >= 0.6 is 8.07 Å². The van der Waals surface area contributed by atoms with Crippen molar-refractivity contribution in [2.24, 2.45) is 0 Å². The molecule has 5 aromatic carbocycles. The second-order valence-electron chi connectivity index (χ2n) is 9.48. The van der Waals surface area contributed by atoms with E-state index in [0.29, 0.717) is 0 Å². The van der Waals surface area contributed by atoms with E-state index in [4.69, 9.17) is 0 Å². The Balaban J connectivity index is 1.75. The van der Waals surface area contributed by atoms with Gasteiger partial charge in [0.25, 0.3) is 20.0 Å². The van der Waals surface area contributed by atoms with Crippen LogP contribution in [0.15, 0.2) is 143 Å². The Morgan fingerprint density at radius 1 is 0.537 bits per heavy atom. The summed E-state index contributed by atoms with van der Waals surface area (Å²) in [4.78, 5) is 0.192. The third-order valence-electron chi connectivity index (χ3n) is 6.42. The van der Waals surface area contributed by atoms with Crippen LogP contribution in [0.5, 0.6) is 0 Å². The Kier molecular flexibility index (Phi) is 8.27. The molecule has 5 aromatic rings. The molecule has 0 aliphatic rings. The van der Waals surface area contributed by atoms with E-state index < -0.39 is 28.1 Å². The van der Waals surface area contributed by atoms with Crippen molar-refractivity contribution in [3.05, 3.63) is 145 Å². The Labute approximate surface area is 243 Å². The molecule has 1 N–H and O–H groups in total. The second kappa shape index (κ2) is 11.9. The number of hydrogen-bond donors (Lipinski definition) is 1. The molecule has 9 heteroatoms. The number of para-hydroxylation sites is 2. The zero-order valence-electron chi connectivity index (χ0n) is 22.5. The predicted molar refractivity (Wildman–Crippen MR) is 168 cm³/mol. The van der Waals surface area contributed by atoms with Crippen LogP contribution in [0.1, 0.15) is 11.1 Å². The number of aryl methyl sites for hydroxylation is 2. The number of rotatable bonds is 9. The van der Waals surface area contributed by atoms with E-state index in [0.717, 1.165) is 21.7 Å². The van der Waals surface area contributed by atoms with Crippen LogP contribution in [-0.4, -0.2) is 16.8 Å². The maximum atomic E-state index is 14.6. The van der Waals surface area contributed by atoms with Crippen molar-refractivity contribution in [3.8, 4) is 0 Å². The van der Waals surface area contributed by atoms with Gasteiger partial charge in [0.05, 0.1) is 29.2 Å². The van der Waals surface area contributed by atoms with E-state index in [2.05, 4.69) is 4.72 Å². The molecule has 208 valence electrons. The van der Waals surface area contributed by atoms with E-state index in [1.807, 2.05) is 74.5 Å². The number of benzene rings is 5. The highest BCUT2D eigenvalue weighted by molar-refractivity contribution is 8.02. The molecular formula is C32H29N2O4PS2. The molecule has 0 saturated carbocycles. The summed E-state index contributed by atoms with van der Waals surface area (Å²) >= 11 is 0. The molecule has 0 amide bonds. The van der Waals surface area contributed by atoms with Crippen molar-refractivity contribution in [3.63, 3.8) is 0 Å². The van der Waals surface area contributed by atoms with Crippen LogP contribution in [-0.2, 0) is 20.0 Å². The lowest BCUT2D eigenvalue weighted by Crippen LogP contribution is -2.34. The molecular weight excluding hydrogens is 571 g/mol. The highest BCUT2D eigenvalue weighted by Gasteiger charge is 2.36. The summed E-state index contributed by atoms with van der Waals surface area (Å²) in [7, 11) is -9.92. The highest BCUT2D eigenvalue weighted by atomic mass is 32.2. The van der Waals surface area contributed by atoms with Gasteiger partial charge in [-0.3, -0.25) is 4.72 Å². The lowest BCUT2D eigenvalue weighted by Gasteiger charge is -2.34. The first-order chi connectivity index (χ1) is 19.7. The molecule has 0 aliphatic carbocycles. The van der Waals surface area contributed by atoms with Gasteiger partial charge < -0.3 is 0 Å². The lowest BCUT2D eigenvalue weighted by atomic mass is 10.2. The molecule has 0 atom stereocenters. The number of nitrogens with zero attached hydrogens (tertiary/aromatic N) is 1. The maximum Gasteiger partial charge on any atom is 0.268 e. The first-order valence-electron chi connectivity index (χ1n) is 12.9. The first-order valence-corrected chi connectivity index (χ1v) is 17.1. The van der Waals surface area contributed by atoms with Crippen LogP contribution in [0, 0.1) is 13.8 Å². The largest absolute Gasteiger partial charge is 0.277 e. The van der Waals surface area contributed by atoms with E-state index in [1.165, 1.54) is 16.2 Å². The highest BCUT2D eigenvalue weighted by Crippen LogP contribution is 2.49. The minimum atomic E-state index is -4.19. The molecule has 0 spiro atoms. The van der Waals surface area contributed by atoms with Gasteiger partial charge in [-0.15, -0.1) is 0 Å². The third kappa shape index (κ3) is 6.20. The summed E-state index contributed by atoms with van der Waals surface area (Å²) in [5.74, 6) is 0. The summed E-state index contributed by atoms with van der Waals surface area (Å²) in [6, 6.07) is 38.6. The Hall–Kier alpha value is -3.97. The summed E-state index contributed by atoms with van der Waals surface area (Å²) in [6.07, 6.45) is 0. The van der Waals surface area contributed by atoms with Gasteiger partial charge in [-0.05, 0) is 50.2 Å². The standard InChI is InChI=1S/C32H29N2O4PS2/c1-25-17-21-29(22-18-25)40(35,36)33-31-15-9-10-16-32(31)34(41(37,38)30-23-19-26(2)20-24-30)39(27-11-5-3-6-12-27)28-13-7-4-8-14-28/h3-24,33H,1-2H3. The molecule has 0 saturated heterocycles. The smallest absolute Gasteiger partial charge is 0.268 e. The molecule has 0 bridgehead atoms. The normalized spacial score (nSPS) is 11.8. The van der Waals surface area contributed by atoms with Gasteiger partial charge in [-0.25, -0.2) is 20.9 Å². The van der Waals surface area contributed by atoms with E-state index in [-0.39, 0.29) is 21.2 Å². The number of sulfonamides is 2. The average molecular weight is 601 g/mol. The molecule has 41 heavy (non-hydrogen) atoms. The van der Waals surface area contributed by atoms with Gasteiger partial charge in [-0.2, -0.15) is 0 Å². The van der Waals surface area contributed by atoms with E-state index in [9.17, 15) is 16.8 Å². The number of anilines is 2. The zero-order valence-corrected chi connectivity index (χ0v) is 25.1. The molecule has 0 heterocycles. The van der Waals surface area contributed by atoms with Gasteiger partial charge >= 0.3 is 0 Å². The maximum absolute atomic E-state index is 14.6. The van der Waals surface area contributed by atoms with Gasteiger partial charge in [0.2, 0.25) is 0 Å². The molecule has 0 radical (unpaired) electrons. The van der Waals surface area contributed by atoms with Gasteiger partial charge in [0, 0.05) is 10.6 Å². The van der Waals surface area contributed by atoms with Gasteiger partial charge in [-0.1, -0.05) is 108 Å². The summed E-state index contributed by atoms with van der Waals surface area (Å²) in [6.45, 7) is 3.77. The van der Waals surface area contributed by atoms with Crippen LogP contribution in [0.25, 0.3) is 0 Å². The fraction of sp³-hybridized carbons (Fsp3) is 0.0625. The molecule has 6 nitrogen and oxygen atoms in total. The van der Waals surface area contributed by atoms with Crippen molar-refractivity contribution >= 4 is 50.1 Å². The minimum absolute atomic E-state index is 0.0826. The topological polar surface area (TPSA) is 83.6 Å². The van der Waals surface area contributed by atoms with Crippen molar-refractivity contribution in [1.29, 1.82) is 0 Å². The number of hydrogen-bond acceptors (Lipinski definition) is 4. The third-order valence-corrected chi connectivity index (χ3v) is 12.6. The van der Waals surface area contributed by atoms with Crippen molar-refractivity contribution in [2.75, 3.05) is 8.80 Å². The molecule has 0 aromatic heterocycles. The second-order valence-corrected chi connectivity index (χ2v) is 15.3. The van der Waals surface area contributed by atoms with Gasteiger partial charge in [0.15, 0.2) is 0 Å². The van der Waals surface area contributed by atoms with Crippen molar-refractivity contribution in [1.82, 2.24) is 0 Å². The molecule has 5 rings (SSSR count). The van der Waals surface area contributed by atoms with Crippen LogP contribution in [0.3, 0.4) is 0 Å². The molecule has 0 unspecified atom stereocenters. The quantitative estimate of drug-likeness (QED) is 0.200. The van der Waals surface area contributed by atoms with E-state index >= 15 is 0 Å². The lowest BCUT2D eigenvalue weighted by molar-refractivity contribution is 0.597. The monoisotopic (exact) mass is 600 g/mol. The molecule has 0 aliphatic heterocycles. The van der Waals surface area contributed by atoms with E-state index in [1.54, 1.807) is 60.7 Å². The predicted octanol–water partition coefficient (Wildman–Crippen LogP) is 6.35. The zero-order chi connectivity index (χ0) is 29.0. The van der Waals surface area contributed by atoms with Crippen molar-refractivity contribution < 1.29 is 16.8 Å². The van der Waals surface area contributed by atoms with Crippen LogP contribution in [0.2, 0.25) is 0 Å². The summed E-state index contributed by atoms with van der Waals surface area (Å²) < 4.78 is 60.3. The number of nitrogens with one attached hydrogen (secondary N) is 1. The molecule has 0 fully saturated rings. The fourth-order valence-electron chi connectivity index (χ4n) is 4.30. The van der Waals surface area contributed by atoms with Gasteiger partial charge in [0.1, 0.15) is 0 Å². The fourth-order valence-corrected chi connectivity index (χ4v) is 10.2. The van der Waals surface area contributed by atoms with Crippen LogP contribution < -0.4 is 19.4 Å². The summed E-state index contributed by atoms with van der Waals surface area (Å²) in [5, 5.41) is 1.58. The Morgan fingerprint density at radius 3 is 1.49 bits per heavy atom. The SMILES string of the molecule is Cc1ccc(S(=O)(=O)Nc2ccccc2N(P(c2ccccc2)c2ccccc2)S(=O)(=O)c2ccc(C)cc2)cc1. The Morgan fingerprint density at radius 2 is 0.976 bits per heavy atom. The average Bonchev–Trinajstić information content (AvgIpc) is 2.97. The minimum Gasteiger partial charge on any atom is -0.277 e. The van der Waals surface area contributed by atoms with Crippen molar-refractivity contribution in [2.45, 2.75) is 23.6 Å². The first kappa shape index (κ1) is 28.6. The van der Waals surface area contributed by atoms with Crippen LogP contribution in [0.4, 0.5) is 11.4 Å².